The highest BCUT2D eigenvalue weighted by Crippen LogP contribution is 2.25. The molecule has 3 atom stereocenters. The largest absolute Gasteiger partial charge is 0.351 e. The highest BCUT2D eigenvalue weighted by Gasteiger charge is 2.25. The lowest BCUT2D eigenvalue weighted by Gasteiger charge is -2.31. The summed E-state index contributed by atoms with van der Waals surface area (Å²) < 4.78 is 0. The molecule has 1 fully saturated rings. The molecule has 0 saturated carbocycles. The van der Waals surface area contributed by atoms with E-state index < -0.39 is 11.9 Å². The lowest BCUT2D eigenvalue weighted by Crippen LogP contribution is -2.53. The van der Waals surface area contributed by atoms with Crippen molar-refractivity contribution in [3.05, 3.63) is 33.8 Å². The fraction of sp³-hybridized carbons (Fsp3) is 0.500. The summed E-state index contributed by atoms with van der Waals surface area (Å²) in [7, 11) is 0. The number of hydrogen-bond acceptors (Lipinski definition) is 3. The number of benzene rings is 1. The Balaban J connectivity index is 0.00000288. The van der Waals surface area contributed by atoms with Gasteiger partial charge in [-0.1, -0.05) is 36.2 Å². The first kappa shape index (κ1) is 21.0. The second-order valence-corrected chi connectivity index (χ2v) is 6.67. The van der Waals surface area contributed by atoms with Crippen molar-refractivity contribution in [3.8, 4) is 0 Å². The third-order valence-corrected chi connectivity index (χ3v) is 4.87. The van der Waals surface area contributed by atoms with Crippen molar-refractivity contribution < 1.29 is 9.59 Å². The van der Waals surface area contributed by atoms with Crippen LogP contribution in [-0.4, -0.2) is 37.0 Å². The van der Waals surface area contributed by atoms with Crippen LogP contribution in [0.1, 0.15) is 30.6 Å². The Bertz CT molecular complexity index is 598. The molecular formula is C16H22Cl3N3O2. The normalized spacial score (nSPS) is 21.3. The minimum absolute atomic E-state index is 0. The first-order chi connectivity index (χ1) is 10.9. The number of nitrogens with one attached hydrogen (secondary N) is 3. The average Bonchev–Trinajstić information content (AvgIpc) is 2.52. The molecule has 1 heterocycles. The van der Waals surface area contributed by atoms with Crippen molar-refractivity contribution in [1.29, 1.82) is 0 Å². The van der Waals surface area contributed by atoms with E-state index in [4.69, 9.17) is 23.2 Å². The Hall–Kier alpha value is -1.01. The highest BCUT2D eigenvalue weighted by molar-refractivity contribution is 6.43. The van der Waals surface area contributed by atoms with Crippen LogP contribution in [0.15, 0.2) is 18.2 Å². The van der Waals surface area contributed by atoms with Crippen LogP contribution >= 0.6 is 35.6 Å². The molecule has 24 heavy (non-hydrogen) atoms. The number of hydrogen-bond donors (Lipinski definition) is 3. The summed E-state index contributed by atoms with van der Waals surface area (Å²) in [6.45, 7) is 5.50. The van der Waals surface area contributed by atoms with Gasteiger partial charge in [0.25, 0.3) is 5.91 Å². The number of halogens is 3. The van der Waals surface area contributed by atoms with Crippen LogP contribution in [0, 0.1) is 5.92 Å². The van der Waals surface area contributed by atoms with E-state index in [1.54, 1.807) is 25.1 Å². The second kappa shape index (κ2) is 9.47. The van der Waals surface area contributed by atoms with Crippen molar-refractivity contribution in [3.63, 3.8) is 0 Å². The van der Waals surface area contributed by atoms with Gasteiger partial charge in [-0.3, -0.25) is 9.59 Å². The van der Waals surface area contributed by atoms with Gasteiger partial charge < -0.3 is 16.0 Å². The molecule has 0 radical (unpaired) electrons. The predicted octanol–water partition coefficient (Wildman–Crippen LogP) is 2.65. The number of carbonyl (C=O) groups is 2. The Kier molecular flexibility index (Phi) is 8.30. The third kappa shape index (κ3) is 5.24. The van der Waals surface area contributed by atoms with Gasteiger partial charge in [0.05, 0.1) is 15.6 Å². The first-order valence-corrected chi connectivity index (χ1v) is 8.41. The SMILES string of the molecule is CC(NC(=O)c1cccc(Cl)c1Cl)C(=O)NC1CCNCC1C.Cl. The van der Waals surface area contributed by atoms with Gasteiger partial charge in [0.1, 0.15) is 6.04 Å². The van der Waals surface area contributed by atoms with Crippen LogP contribution in [-0.2, 0) is 4.79 Å². The molecule has 1 saturated heterocycles. The molecule has 1 aromatic carbocycles. The van der Waals surface area contributed by atoms with Crippen molar-refractivity contribution in [2.45, 2.75) is 32.4 Å². The maximum atomic E-state index is 12.3. The summed E-state index contributed by atoms with van der Waals surface area (Å²) in [5, 5.41) is 9.43. The van der Waals surface area contributed by atoms with Crippen molar-refractivity contribution in [1.82, 2.24) is 16.0 Å². The summed E-state index contributed by atoms with van der Waals surface area (Å²) in [5.41, 5.74) is 0.258. The van der Waals surface area contributed by atoms with E-state index in [1.807, 2.05) is 0 Å². The molecule has 1 aliphatic rings. The Morgan fingerprint density at radius 2 is 2.04 bits per heavy atom. The monoisotopic (exact) mass is 393 g/mol. The second-order valence-electron chi connectivity index (χ2n) is 5.88. The van der Waals surface area contributed by atoms with Gasteiger partial charge >= 0.3 is 0 Å². The van der Waals surface area contributed by atoms with Crippen molar-refractivity contribution in [2.75, 3.05) is 13.1 Å². The molecule has 3 unspecified atom stereocenters. The van der Waals surface area contributed by atoms with Crippen LogP contribution in [0.5, 0.6) is 0 Å². The molecule has 2 rings (SSSR count). The lowest BCUT2D eigenvalue weighted by molar-refractivity contribution is -0.123. The number of piperidine rings is 1. The molecule has 8 heteroatoms. The minimum atomic E-state index is -0.653. The fourth-order valence-corrected chi connectivity index (χ4v) is 2.94. The average molecular weight is 395 g/mol. The van der Waals surface area contributed by atoms with Gasteiger partial charge in [-0.2, -0.15) is 0 Å². The van der Waals surface area contributed by atoms with Gasteiger partial charge in [-0.25, -0.2) is 0 Å². The van der Waals surface area contributed by atoms with Crippen LogP contribution in [0.25, 0.3) is 0 Å². The maximum absolute atomic E-state index is 12.3. The molecule has 2 amide bonds. The predicted molar refractivity (Wildman–Crippen MR) is 99.2 cm³/mol. The van der Waals surface area contributed by atoms with Crippen LogP contribution < -0.4 is 16.0 Å². The third-order valence-electron chi connectivity index (χ3n) is 4.05. The van der Waals surface area contributed by atoms with E-state index in [0.29, 0.717) is 10.9 Å². The zero-order valence-corrected chi connectivity index (χ0v) is 15.9. The van der Waals surface area contributed by atoms with Gasteiger partial charge in [0.2, 0.25) is 5.91 Å². The minimum Gasteiger partial charge on any atom is -0.351 e. The maximum Gasteiger partial charge on any atom is 0.253 e. The molecule has 1 aliphatic heterocycles. The first-order valence-electron chi connectivity index (χ1n) is 7.66. The number of amides is 2. The standard InChI is InChI=1S/C16H21Cl2N3O2.ClH/c1-9-8-19-7-6-13(9)21-15(22)10(2)20-16(23)11-4-3-5-12(17)14(11)18;/h3-5,9-10,13,19H,6-8H2,1-2H3,(H,20,23)(H,21,22);1H. The zero-order chi connectivity index (χ0) is 17.0. The van der Waals surface area contributed by atoms with Gasteiger partial charge in [-0.15, -0.1) is 12.4 Å². The molecule has 1 aromatic rings. The highest BCUT2D eigenvalue weighted by atomic mass is 35.5. The van der Waals surface area contributed by atoms with Gasteiger partial charge in [0.15, 0.2) is 0 Å². The van der Waals surface area contributed by atoms with E-state index in [9.17, 15) is 9.59 Å². The molecule has 0 bridgehead atoms. The van der Waals surface area contributed by atoms with Crippen molar-refractivity contribution >= 4 is 47.4 Å². The molecule has 0 spiro atoms. The number of rotatable bonds is 4. The number of carbonyl (C=O) groups excluding carboxylic acids is 2. The molecule has 3 N–H and O–H groups in total. The summed E-state index contributed by atoms with van der Waals surface area (Å²) in [5.74, 6) is -0.258. The van der Waals surface area contributed by atoms with E-state index in [-0.39, 0.29) is 34.9 Å². The Morgan fingerprint density at radius 3 is 2.71 bits per heavy atom. The summed E-state index contributed by atoms with van der Waals surface area (Å²) >= 11 is 11.9. The topological polar surface area (TPSA) is 70.2 Å². The van der Waals surface area contributed by atoms with Gasteiger partial charge in [-0.05, 0) is 44.5 Å². The smallest absolute Gasteiger partial charge is 0.253 e. The molecule has 0 aliphatic carbocycles. The Labute approximate surface area is 158 Å². The van der Waals surface area contributed by atoms with Crippen LogP contribution in [0.3, 0.4) is 0 Å². The molecule has 134 valence electrons. The van der Waals surface area contributed by atoms with Gasteiger partial charge in [0, 0.05) is 6.04 Å². The van der Waals surface area contributed by atoms with Crippen molar-refractivity contribution in [2.24, 2.45) is 5.92 Å². The molecule has 0 aromatic heterocycles. The van der Waals surface area contributed by atoms with Crippen LogP contribution in [0.2, 0.25) is 10.0 Å². The van der Waals surface area contributed by atoms with E-state index in [2.05, 4.69) is 22.9 Å². The van der Waals surface area contributed by atoms with Crippen LogP contribution in [0.4, 0.5) is 0 Å². The fourth-order valence-electron chi connectivity index (χ4n) is 2.56. The summed E-state index contributed by atoms with van der Waals surface area (Å²) in [4.78, 5) is 24.5. The Morgan fingerprint density at radius 1 is 1.33 bits per heavy atom. The van der Waals surface area contributed by atoms with E-state index >= 15 is 0 Å². The molecular weight excluding hydrogens is 373 g/mol. The lowest BCUT2D eigenvalue weighted by atomic mass is 9.95. The zero-order valence-electron chi connectivity index (χ0n) is 13.6. The summed E-state index contributed by atoms with van der Waals surface area (Å²) in [6.07, 6.45) is 0.883. The van der Waals surface area contributed by atoms with E-state index in [0.717, 1.165) is 19.5 Å². The molecule has 5 nitrogen and oxygen atoms in total. The summed E-state index contributed by atoms with van der Waals surface area (Å²) in [6, 6.07) is 4.29. The van der Waals surface area contributed by atoms with E-state index in [1.165, 1.54) is 0 Å². The quantitative estimate of drug-likeness (QED) is 0.735.